The van der Waals surface area contributed by atoms with Crippen molar-refractivity contribution < 1.29 is 17.9 Å². The highest BCUT2D eigenvalue weighted by molar-refractivity contribution is 14.0. The quantitative estimate of drug-likeness (QED) is 0.220. The van der Waals surface area contributed by atoms with E-state index in [4.69, 9.17) is 0 Å². The molecule has 32 heavy (non-hydrogen) atoms. The number of alkyl halides is 3. The van der Waals surface area contributed by atoms with E-state index in [0.717, 1.165) is 16.7 Å². The second-order valence-corrected chi connectivity index (χ2v) is 6.74. The van der Waals surface area contributed by atoms with Crippen LogP contribution in [-0.2, 0) is 24.4 Å². The summed E-state index contributed by atoms with van der Waals surface area (Å²) in [6.45, 7) is -0.248. The van der Waals surface area contributed by atoms with Gasteiger partial charge in [0.05, 0.1) is 6.61 Å². The van der Waals surface area contributed by atoms with Gasteiger partial charge in [0.1, 0.15) is 12.9 Å². The number of hydrogen-bond donors (Lipinski definition) is 3. The van der Waals surface area contributed by atoms with Gasteiger partial charge in [0.25, 0.3) is 0 Å². The highest BCUT2D eigenvalue weighted by Crippen LogP contribution is 2.16. The van der Waals surface area contributed by atoms with Gasteiger partial charge in [-0.3, -0.25) is 10.1 Å². The summed E-state index contributed by atoms with van der Waals surface area (Å²) in [5.74, 6) is 1.33. The van der Waals surface area contributed by atoms with Gasteiger partial charge >= 0.3 is 6.18 Å². The van der Waals surface area contributed by atoms with Crippen LogP contribution < -0.4 is 10.6 Å². The number of aliphatic imine (C=N–C) groups is 1. The number of H-pyrrole nitrogens is 1. The Kier molecular flexibility index (Phi) is 9.91. The van der Waals surface area contributed by atoms with Crippen LogP contribution in [0.25, 0.3) is 11.4 Å². The topological polar surface area (TPSA) is 87.2 Å². The van der Waals surface area contributed by atoms with Crippen LogP contribution >= 0.6 is 24.0 Å². The number of aromatic amines is 1. The van der Waals surface area contributed by atoms with Gasteiger partial charge in [-0.25, -0.2) is 4.98 Å². The lowest BCUT2D eigenvalue weighted by Gasteiger charge is -2.13. The van der Waals surface area contributed by atoms with Crippen LogP contribution in [0.2, 0.25) is 0 Å². The van der Waals surface area contributed by atoms with E-state index in [1.54, 1.807) is 19.2 Å². The maximum absolute atomic E-state index is 12.1. The van der Waals surface area contributed by atoms with Crippen LogP contribution in [0.3, 0.4) is 0 Å². The molecule has 1 heterocycles. The molecule has 0 aliphatic carbocycles. The lowest BCUT2D eigenvalue weighted by Crippen LogP contribution is -2.36. The summed E-state index contributed by atoms with van der Waals surface area (Å²) < 4.78 is 41.1. The van der Waals surface area contributed by atoms with Gasteiger partial charge in [-0.2, -0.15) is 18.3 Å². The lowest BCUT2D eigenvalue weighted by atomic mass is 10.1. The fourth-order valence-electron chi connectivity index (χ4n) is 2.80. The number of aromatic nitrogens is 3. The minimum Gasteiger partial charge on any atom is -0.367 e. The summed E-state index contributed by atoms with van der Waals surface area (Å²) >= 11 is 0. The molecule has 7 nitrogen and oxygen atoms in total. The number of nitrogens with one attached hydrogen (secondary N) is 3. The fourth-order valence-corrected chi connectivity index (χ4v) is 2.80. The summed E-state index contributed by atoms with van der Waals surface area (Å²) in [4.78, 5) is 8.37. The zero-order valence-corrected chi connectivity index (χ0v) is 19.6. The minimum absolute atomic E-state index is 0. The van der Waals surface area contributed by atoms with Crippen molar-refractivity contribution in [1.82, 2.24) is 25.8 Å². The van der Waals surface area contributed by atoms with Crippen LogP contribution in [0.1, 0.15) is 16.7 Å². The predicted octanol–water partition coefficient (Wildman–Crippen LogP) is 4.03. The number of benzene rings is 2. The van der Waals surface area contributed by atoms with Gasteiger partial charge in [0.15, 0.2) is 11.8 Å². The molecule has 172 valence electrons. The van der Waals surface area contributed by atoms with Crippen molar-refractivity contribution in [2.45, 2.75) is 25.9 Å². The number of ether oxygens (including phenoxy) is 1. The van der Waals surface area contributed by atoms with E-state index in [0.29, 0.717) is 30.4 Å². The Morgan fingerprint density at radius 3 is 2.34 bits per heavy atom. The average Bonchev–Trinajstić information content (AvgIpc) is 3.29. The Hall–Kier alpha value is -2.67. The first-order valence-electron chi connectivity index (χ1n) is 9.54. The lowest BCUT2D eigenvalue weighted by molar-refractivity contribution is -0.176. The van der Waals surface area contributed by atoms with Gasteiger partial charge in [-0.15, -0.1) is 24.0 Å². The van der Waals surface area contributed by atoms with E-state index >= 15 is 0 Å². The summed E-state index contributed by atoms with van der Waals surface area (Å²) in [5, 5.41) is 13.2. The molecule has 3 aromatic rings. The molecule has 11 heteroatoms. The maximum Gasteiger partial charge on any atom is 0.411 e. The molecule has 0 fully saturated rings. The summed E-state index contributed by atoms with van der Waals surface area (Å²) in [6.07, 6.45) is -2.85. The van der Waals surface area contributed by atoms with E-state index in [-0.39, 0.29) is 30.6 Å². The van der Waals surface area contributed by atoms with E-state index < -0.39 is 12.8 Å². The number of halogens is 4. The molecule has 0 aliphatic rings. The Labute approximate surface area is 200 Å². The van der Waals surface area contributed by atoms with Crippen molar-refractivity contribution in [2.75, 3.05) is 13.7 Å². The Morgan fingerprint density at radius 1 is 1.03 bits per heavy atom. The van der Waals surface area contributed by atoms with Crippen LogP contribution in [-0.4, -0.2) is 41.0 Å². The third-order valence-electron chi connectivity index (χ3n) is 4.32. The van der Waals surface area contributed by atoms with E-state index in [1.807, 2.05) is 36.4 Å². The molecular formula is C21H24F3IN6O. The fraction of sp³-hybridized carbons (Fsp3) is 0.286. The monoisotopic (exact) mass is 560 g/mol. The predicted molar refractivity (Wildman–Crippen MR) is 126 cm³/mol. The van der Waals surface area contributed by atoms with Gasteiger partial charge in [-0.05, 0) is 22.8 Å². The van der Waals surface area contributed by atoms with E-state index in [1.165, 1.54) is 6.33 Å². The van der Waals surface area contributed by atoms with Crippen molar-refractivity contribution in [3.63, 3.8) is 0 Å². The maximum atomic E-state index is 12.1. The number of rotatable bonds is 8. The first kappa shape index (κ1) is 25.6. The summed E-state index contributed by atoms with van der Waals surface area (Å²) in [5.41, 5.74) is 3.65. The van der Waals surface area contributed by atoms with Crippen molar-refractivity contribution in [1.29, 1.82) is 0 Å². The van der Waals surface area contributed by atoms with Crippen LogP contribution in [0.5, 0.6) is 0 Å². The van der Waals surface area contributed by atoms with E-state index in [9.17, 15) is 13.2 Å². The van der Waals surface area contributed by atoms with Crippen LogP contribution in [0, 0.1) is 0 Å². The first-order chi connectivity index (χ1) is 14.9. The molecule has 3 rings (SSSR count). The van der Waals surface area contributed by atoms with Crippen molar-refractivity contribution in [3.05, 3.63) is 71.5 Å². The Bertz CT molecular complexity index is 978. The standard InChI is InChI=1S/C21H23F3N6O.HI/c1-25-20(27-11-17-3-2-4-18(9-17)19-28-14-29-30-19)26-10-15-5-7-16(8-6-15)12-31-13-21(22,23)24;/h2-9,14H,10-13H2,1H3,(H2,25,26,27)(H,28,29,30);1H. The average molecular weight is 560 g/mol. The number of hydrogen-bond acceptors (Lipinski definition) is 4. The SMILES string of the molecule is CN=C(NCc1ccc(COCC(F)(F)F)cc1)NCc1cccc(-c2ncn[nH]2)c1.I. The second-order valence-electron chi connectivity index (χ2n) is 6.74. The summed E-state index contributed by atoms with van der Waals surface area (Å²) in [6, 6.07) is 15.1. The molecule has 0 bridgehead atoms. The third kappa shape index (κ3) is 8.46. The molecule has 3 N–H and O–H groups in total. The molecule has 0 amide bonds. The van der Waals surface area contributed by atoms with Gasteiger partial charge < -0.3 is 15.4 Å². The minimum atomic E-state index is -4.32. The molecule has 1 aromatic heterocycles. The normalized spacial score (nSPS) is 11.7. The van der Waals surface area contributed by atoms with Crippen LogP contribution in [0.4, 0.5) is 13.2 Å². The molecule has 0 saturated heterocycles. The summed E-state index contributed by atoms with van der Waals surface area (Å²) in [7, 11) is 1.68. The van der Waals surface area contributed by atoms with Gasteiger partial charge in [0.2, 0.25) is 0 Å². The molecule has 0 radical (unpaired) electrons. The zero-order chi connectivity index (χ0) is 22.1. The smallest absolute Gasteiger partial charge is 0.367 e. The first-order valence-corrected chi connectivity index (χ1v) is 9.54. The van der Waals surface area contributed by atoms with E-state index in [2.05, 4.69) is 35.5 Å². The molecule has 0 aliphatic heterocycles. The van der Waals surface area contributed by atoms with Crippen molar-refractivity contribution >= 4 is 29.9 Å². The highest BCUT2D eigenvalue weighted by atomic mass is 127. The second kappa shape index (κ2) is 12.4. The van der Waals surface area contributed by atoms with Gasteiger partial charge in [0, 0.05) is 25.7 Å². The molecule has 0 unspecified atom stereocenters. The highest BCUT2D eigenvalue weighted by Gasteiger charge is 2.27. The van der Waals surface area contributed by atoms with Crippen molar-refractivity contribution in [3.8, 4) is 11.4 Å². The third-order valence-corrected chi connectivity index (χ3v) is 4.32. The van der Waals surface area contributed by atoms with Crippen LogP contribution in [0.15, 0.2) is 59.9 Å². The largest absolute Gasteiger partial charge is 0.411 e. The zero-order valence-electron chi connectivity index (χ0n) is 17.3. The number of nitrogens with zero attached hydrogens (tertiary/aromatic N) is 3. The molecule has 0 atom stereocenters. The molecule has 0 saturated carbocycles. The van der Waals surface area contributed by atoms with Crippen molar-refractivity contribution in [2.24, 2.45) is 4.99 Å². The number of guanidine groups is 1. The van der Waals surface area contributed by atoms with Gasteiger partial charge in [-0.1, -0.05) is 42.5 Å². The molecular weight excluding hydrogens is 536 g/mol. The Balaban J connectivity index is 0.00000363. The Morgan fingerprint density at radius 2 is 1.72 bits per heavy atom. The molecule has 0 spiro atoms. The molecule has 2 aromatic carbocycles.